The number of rotatable bonds is 3. The van der Waals surface area contributed by atoms with Crippen LogP contribution < -0.4 is 10.2 Å². The summed E-state index contributed by atoms with van der Waals surface area (Å²) in [5, 5.41) is 5.06. The van der Waals surface area contributed by atoms with Gasteiger partial charge in [0.25, 0.3) is 0 Å². The highest BCUT2D eigenvalue weighted by Gasteiger charge is 2.09. The molecule has 4 heteroatoms. The Hall–Kier alpha value is -2.10. The first kappa shape index (κ1) is 13.3. The average molecular weight is 257 g/mol. The largest absolute Gasteiger partial charge is 0.362 e. The second-order valence-electron chi connectivity index (χ2n) is 5.11. The molecule has 0 saturated carbocycles. The number of carbonyl (C=O) groups is 1. The maximum atomic E-state index is 11.7. The first-order valence-electron chi connectivity index (χ1n) is 6.36. The lowest BCUT2D eigenvalue weighted by atomic mass is 10.1. The zero-order valence-corrected chi connectivity index (χ0v) is 11.8. The van der Waals surface area contributed by atoms with Crippen molar-refractivity contribution in [1.82, 2.24) is 4.98 Å². The molecule has 2 rings (SSSR count). The maximum absolute atomic E-state index is 11.7. The zero-order chi connectivity index (χ0) is 14.0. The maximum Gasteiger partial charge on any atom is 0.226 e. The van der Waals surface area contributed by atoms with Gasteiger partial charge >= 0.3 is 0 Å². The summed E-state index contributed by atoms with van der Waals surface area (Å²) in [7, 11) is 3.94. The highest BCUT2D eigenvalue weighted by molar-refractivity contribution is 5.98. The third kappa shape index (κ3) is 2.84. The summed E-state index contributed by atoms with van der Waals surface area (Å²) >= 11 is 0. The number of nitrogens with one attached hydrogen (secondary N) is 1. The van der Waals surface area contributed by atoms with E-state index in [4.69, 9.17) is 0 Å². The van der Waals surface area contributed by atoms with E-state index in [0.717, 1.165) is 22.3 Å². The molecule has 0 aliphatic carbocycles. The summed E-state index contributed by atoms with van der Waals surface area (Å²) in [5.74, 6) is 0.936. The Balaban J connectivity index is 2.39. The molecule has 0 atom stereocenters. The molecule has 0 aliphatic heterocycles. The lowest BCUT2D eigenvalue weighted by Crippen LogP contribution is -2.17. The third-order valence-corrected chi connectivity index (χ3v) is 2.96. The number of anilines is 2. The van der Waals surface area contributed by atoms with Crippen molar-refractivity contribution in [2.24, 2.45) is 5.92 Å². The van der Waals surface area contributed by atoms with E-state index in [1.54, 1.807) is 6.20 Å². The lowest BCUT2D eigenvalue weighted by molar-refractivity contribution is -0.118. The van der Waals surface area contributed by atoms with Crippen LogP contribution in [0.5, 0.6) is 0 Å². The van der Waals surface area contributed by atoms with Gasteiger partial charge in [0.15, 0.2) is 0 Å². The Morgan fingerprint density at radius 1 is 1.26 bits per heavy atom. The standard InChI is InChI=1S/C15H19N3O/c1-10(2)15(19)17-12-5-6-13-11(9-12)7-8-16-14(13)18(3)4/h5-10H,1-4H3,(H,17,19). The van der Waals surface area contributed by atoms with Crippen LogP contribution in [-0.4, -0.2) is 25.0 Å². The van der Waals surface area contributed by atoms with Crippen LogP contribution in [0.4, 0.5) is 11.5 Å². The fourth-order valence-corrected chi connectivity index (χ4v) is 1.88. The SMILES string of the molecule is CC(C)C(=O)Nc1ccc2c(N(C)C)nccc2c1. The van der Waals surface area contributed by atoms with E-state index in [-0.39, 0.29) is 11.8 Å². The first-order chi connectivity index (χ1) is 8.99. The summed E-state index contributed by atoms with van der Waals surface area (Å²) in [4.78, 5) is 18.0. The number of hydrogen-bond donors (Lipinski definition) is 1. The van der Waals surface area contributed by atoms with Gasteiger partial charge in [0.05, 0.1) is 0 Å². The van der Waals surface area contributed by atoms with Crippen molar-refractivity contribution in [3.8, 4) is 0 Å². The van der Waals surface area contributed by atoms with Crippen LogP contribution in [0.15, 0.2) is 30.5 Å². The minimum Gasteiger partial charge on any atom is -0.362 e. The predicted octanol–water partition coefficient (Wildman–Crippen LogP) is 2.90. The van der Waals surface area contributed by atoms with E-state index in [0.29, 0.717) is 0 Å². The van der Waals surface area contributed by atoms with Crippen LogP contribution in [0.25, 0.3) is 10.8 Å². The van der Waals surface area contributed by atoms with Crippen LogP contribution in [-0.2, 0) is 4.79 Å². The number of amides is 1. The number of aromatic nitrogens is 1. The molecule has 2 aromatic rings. The summed E-state index contributed by atoms with van der Waals surface area (Å²) < 4.78 is 0. The van der Waals surface area contributed by atoms with Crippen molar-refractivity contribution in [3.05, 3.63) is 30.5 Å². The van der Waals surface area contributed by atoms with E-state index in [1.165, 1.54) is 0 Å². The highest BCUT2D eigenvalue weighted by Crippen LogP contribution is 2.25. The van der Waals surface area contributed by atoms with Gasteiger partial charge in [-0.15, -0.1) is 0 Å². The van der Waals surface area contributed by atoms with Crippen LogP contribution in [0, 0.1) is 5.92 Å². The highest BCUT2D eigenvalue weighted by atomic mass is 16.1. The van der Waals surface area contributed by atoms with Crippen LogP contribution in [0.1, 0.15) is 13.8 Å². The molecule has 1 aromatic heterocycles. The summed E-state index contributed by atoms with van der Waals surface area (Å²) in [6.07, 6.45) is 1.78. The predicted molar refractivity (Wildman–Crippen MR) is 79.5 cm³/mol. The van der Waals surface area contributed by atoms with Gasteiger partial charge in [-0.1, -0.05) is 13.8 Å². The average Bonchev–Trinajstić information content (AvgIpc) is 2.37. The zero-order valence-electron chi connectivity index (χ0n) is 11.8. The molecule has 1 amide bonds. The van der Waals surface area contributed by atoms with Gasteiger partial charge in [-0.2, -0.15) is 0 Å². The van der Waals surface area contributed by atoms with Crippen molar-refractivity contribution < 1.29 is 4.79 Å². The summed E-state index contributed by atoms with van der Waals surface area (Å²) in [6.45, 7) is 3.76. The van der Waals surface area contributed by atoms with Crippen LogP contribution in [0.2, 0.25) is 0 Å². The van der Waals surface area contributed by atoms with Crippen molar-refractivity contribution in [2.75, 3.05) is 24.3 Å². The number of fused-ring (bicyclic) bond motifs is 1. The van der Waals surface area contributed by atoms with Crippen molar-refractivity contribution in [3.63, 3.8) is 0 Å². The van der Waals surface area contributed by atoms with E-state index >= 15 is 0 Å². The van der Waals surface area contributed by atoms with Crippen molar-refractivity contribution in [2.45, 2.75) is 13.8 Å². The number of carbonyl (C=O) groups excluding carboxylic acids is 1. The Morgan fingerprint density at radius 3 is 2.63 bits per heavy atom. The van der Waals surface area contributed by atoms with Gasteiger partial charge in [0.2, 0.25) is 5.91 Å². The molecule has 0 saturated heterocycles. The molecule has 0 aliphatic rings. The molecule has 0 fully saturated rings. The quantitative estimate of drug-likeness (QED) is 0.919. The molecule has 0 radical (unpaired) electrons. The molecule has 100 valence electrons. The van der Waals surface area contributed by atoms with Gasteiger partial charge in [-0.3, -0.25) is 4.79 Å². The number of benzene rings is 1. The fraction of sp³-hybridized carbons (Fsp3) is 0.333. The molecule has 19 heavy (non-hydrogen) atoms. The van der Waals surface area contributed by atoms with Crippen molar-refractivity contribution >= 4 is 28.2 Å². The van der Waals surface area contributed by atoms with Crippen LogP contribution in [0.3, 0.4) is 0 Å². The smallest absolute Gasteiger partial charge is 0.226 e. The molecule has 1 N–H and O–H groups in total. The van der Waals surface area contributed by atoms with Gasteiger partial charge < -0.3 is 10.2 Å². The van der Waals surface area contributed by atoms with E-state index in [9.17, 15) is 4.79 Å². The van der Waals surface area contributed by atoms with Gasteiger partial charge in [-0.25, -0.2) is 4.98 Å². The lowest BCUT2D eigenvalue weighted by Gasteiger charge is -2.15. The Kier molecular flexibility index (Phi) is 3.69. The first-order valence-corrected chi connectivity index (χ1v) is 6.36. The fourth-order valence-electron chi connectivity index (χ4n) is 1.88. The molecular formula is C15H19N3O. The second-order valence-corrected chi connectivity index (χ2v) is 5.11. The normalized spacial score (nSPS) is 10.8. The third-order valence-electron chi connectivity index (χ3n) is 2.96. The number of hydrogen-bond acceptors (Lipinski definition) is 3. The van der Waals surface area contributed by atoms with Gasteiger partial charge in [0, 0.05) is 37.3 Å². The summed E-state index contributed by atoms with van der Waals surface area (Å²) in [6, 6.07) is 7.84. The molecule has 0 unspecified atom stereocenters. The van der Waals surface area contributed by atoms with Gasteiger partial charge in [-0.05, 0) is 29.7 Å². The van der Waals surface area contributed by atoms with E-state index in [2.05, 4.69) is 10.3 Å². The molecule has 1 aromatic carbocycles. The topological polar surface area (TPSA) is 45.2 Å². The molecule has 0 bridgehead atoms. The number of nitrogens with zero attached hydrogens (tertiary/aromatic N) is 2. The minimum absolute atomic E-state index is 0.0227. The molecule has 1 heterocycles. The minimum atomic E-state index is -0.0227. The van der Waals surface area contributed by atoms with E-state index in [1.807, 2.05) is 57.1 Å². The Bertz CT molecular complexity index is 605. The van der Waals surface area contributed by atoms with Crippen molar-refractivity contribution in [1.29, 1.82) is 0 Å². The Labute approximate surface area is 113 Å². The molecule has 4 nitrogen and oxygen atoms in total. The molecular weight excluding hydrogens is 238 g/mol. The molecule has 0 spiro atoms. The monoisotopic (exact) mass is 257 g/mol. The number of pyridine rings is 1. The Morgan fingerprint density at radius 2 is 2.00 bits per heavy atom. The second kappa shape index (κ2) is 5.26. The van der Waals surface area contributed by atoms with E-state index < -0.39 is 0 Å². The summed E-state index contributed by atoms with van der Waals surface area (Å²) in [5.41, 5.74) is 0.821. The van der Waals surface area contributed by atoms with Gasteiger partial charge in [0.1, 0.15) is 5.82 Å². The van der Waals surface area contributed by atoms with Crippen LogP contribution >= 0.6 is 0 Å².